The average molecular weight is 183 g/mol. The van der Waals surface area contributed by atoms with Gasteiger partial charge in [0.2, 0.25) is 0 Å². The molecule has 0 saturated heterocycles. The van der Waals surface area contributed by atoms with E-state index in [0.717, 1.165) is 0 Å². The highest BCUT2D eigenvalue weighted by Crippen LogP contribution is 2.16. The minimum absolute atomic E-state index is 0.238. The molecule has 1 rings (SSSR count). The van der Waals surface area contributed by atoms with Crippen LogP contribution in [0.3, 0.4) is 0 Å². The zero-order valence-electron chi connectivity index (χ0n) is 8.24. The van der Waals surface area contributed by atoms with Gasteiger partial charge in [0, 0.05) is 7.05 Å². The van der Waals surface area contributed by atoms with Crippen LogP contribution >= 0.6 is 0 Å². The maximum Gasteiger partial charge on any atom is 0.318 e. The second kappa shape index (κ2) is 3.16. The summed E-state index contributed by atoms with van der Waals surface area (Å²) in [6.07, 6.45) is 1.55. The number of esters is 1. The minimum Gasteiger partial charge on any atom is -0.404 e. The SMILES string of the molecule is Cn1cc(OC(=O)C(C)(C)C)nn1. The fraction of sp³-hybridized carbons (Fsp3) is 0.625. The van der Waals surface area contributed by atoms with Crippen molar-refractivity contribution >= 4 is 5.97 Å². The Kier molecular flexibility index (Phi) is 2.36. The number of carbonyl (C=O) groups excluding carboxylic acids is 1. The molecule has 0 saturated carbocycles. The van der Waals surface area contributed by atoms with Crippen LogP contribution in [-0.2, 0) is 11.8 Å². The molecule has 0 unspecified atom stereocenters. The Morgan fingerprint density at radius 2 is 2.15 bits per heavy atom. The molecule has 0 radical (unpaired) electrons. The first-order valence-electron chi connectivity index (χ1n) is 3.98. The molecule has 0 N–H and O–H groups in total. The van der Waals surface area contributed by atoms with E-state index in [1.54, 1.807) is 34.0 Å². The van der Waals surface area contributed by atoms with Gasteiger partial charge in [0.05, 0.1) is 11.6 Å². The van der Waals surface area contributed by atoms with E-state index in [1.165, 1.54) is 4.68 Å². The zero-order chi connectivity index (χ0) is 10.1. The molecule has 0 spiro atoms. The van der Waals surface area contributed by atoms with Crippen molar-refractivity contribution < 1.29 is 9.53 Å². The van der Waals surface area contributed by atoms with Crippen molar-refractivity contribution in [2.24, 2.45) is 12.5 Å². The van der Waals surface area contributed by atoms with E-state index in [9.17, 15) is 4.79 Å². The van der Waals surface area contributed by atoms with E-state index in [-0.39, 0.29) is 11.8 Å². The number of nitrogens with zero attached hydrogens (tertiary/aromatic N) is 3. The van der Waals surface area contributed by atoms with Crippen molar-refractivity contribution in [1.29, 1.82) is 0 Å². The van der Waals surface area contributed by atoms with Crippen LogP contribution in [0, 0.1) is 5.41 Å². The van der Waals surface area contributed by atoms with Gasteiger partial charge < -0.3 is 4.74 Å². The van der Waals surface area contributed by atoms with Gasteiger partial charge in [-0.25, -0.2) is 0 Å². The van der Waals surface area contributed by atoms with Crippen LogP contribution in [0.25, 0.3) is 0 Å². The van der Waals surface area contributed by atoms with E-state index in [4.69, 9.17) is 4.74 Å². The van der Waals surface area contributed by atoms with Crippen molar-refractivity contribution in [2.75, 3.05) is 0 Å². The number of carbonyl (C=O) groups is 1. The Balaban J connectivity index is 2.65. The van der Waals surface area contributed by atoms with Crippen LogP contribution in [0.2, 0.25) is 0 Å². The maximum absolute atomic E-state index is 11.3. The van der Waals surface area contributed by atoms with Crippen LogP contribution in [0.1, 0.15) is 20.8 Å². The molecule has 0 aliphatic heterocycles. The van der Waals surface area contributed by atoms with Gasteiger partial charge in [-0.15, -0.1) is 0 Å². The van der Waals surface area contributed by atoms with E-state index in [2.05, 4.69) is 10.3 Å². The molecule has 0 aromatic carbocycles. The maximum atomic E-state index is 11.3. The van der Waals surface area contributed by atoms with Gasteiger partial charge in [-0.2, -0.15) is 0 Å². The van der Waals surface area contributed by atoms with E-state index < -0.39 is 5.41 Å². The summed E-state index contributed by atoms with van der Waals surface area (Å²) in [7, 11) is 1.71. The van der Waals surface area contributed by atoms with Gasteiger partial charge in [0.1, 0.15) is 0 Å². The molecule has 0 fully saturated rings. The smallest absolute Gasteiger partial charge is 0.318 e. The lowest BCUT2D eigenvalue weighted by atomic mass is 9.97. The molecule has 1 heterocycles. The topological polar surface area (TPSA) is 57.0 Å². The molecule has 0 atom stereocenters. The summed E-state index contributed by atoms with van der Waals surface area (Å²) in [6.45, 7) is 5.35. The van der Waals surface area contributed by atoms with Crippen molar-refractivity contribution in [2.45, 2.75) is 20.8 Å². The first kappa shape index (κ1) is 9.70. The summed E-state index contributed by atoms with van der Waals surface area (Å²) in [5.41, 5.74) is -0.516. The average Bonchev–Trinajstić information content (AvgIpc) is 2.33. The highest BCUT2D eigenvalue weighted by atomic mass is 16.5. The normalized spacial score (nSPS) is 11.4. The largest absolute Gasteiger partial charge is 0.404 e. The molecule has 0 aliphatic carbocycles. The van der Waals surface area contributed by atoms with Crippen molar-refractivity contribution in [3.8, 4) is 5.88 Å². The van der Waals surface area contributed by atoms with Crippen LogP contribution in [-0.4, -0.2) is 21.0 Å². The molecule has 1 aromatic rings. The molecule has 5 nitrogen and oxygen atoms in total. The van der Waals surface area contributed by atoms with Crippen LogP contribution in [0.4, 0.5) is 0 Å². The summed E-state index contributed by atoms with van der Waals surface area (Å²) >= 11 is 0. The number of hydrogen-bond donors (Lipinski definition) is 0. The lowest BCUT2D eigenvalue weighted by molar-refractivity contribution is -0.143. The quantitative estimate of drug-likeness (QED) is 0.603. The minimum atomic E-state index is -0.516. The number of aromatic nitrogens is 3. The highest BCUT2D eigenvalue weighted by molar-refractivity contribution is 5.77. The molecule has 0 aliphatic rings. The second-order valence-corrected chi connectivity index (χ2v) is 3.87. The number of ether oxygens (including phenoxy) is 1. The number of aryl methyl sites for hydroxylation is 1. The Morgan fingerprint density at radius 3 is 2.54 bits per heavy atom. The Bertz CT molecular complexity index is 311. The third-order valence-corrected chi connectivity index (χ3v) is 1.39. The molecule has 0 amide bonds. The van der Waals surface area contributed by atoms with Crippen LogP contribution in [0.5, 0.6) is 5.88 Å². The van der Waals surface area contributed by atoms with E-state index in [0.29, 0.717) is 0 Å². The summed E-state index contributed by atoms with van der Waals surface area (Å²) in [5.74, 6) is -0.0737. The van der Waals surface area contributed by atoms with Crippen molar-refractivity contribution in [3.63, 3.8) is 0 Å². The van der Waals surface area contributed by atoms with Crippen LogP contribution in [0.15, 0.2) is 6.20 Å². The lowest BCUT2D eigenvalue weighted by Crippen LogP contribution is -2.25. The lowest BCUT2D eigenvalue weighted by Gasteiger charge is -2.14. The van der Waals surface area contributed by atoms with Crippen LogP contribution < -0.4 is 4.74 Å². The Morgan fingerprint density at radius 1 is 1.54 bits per heavy atom. The number of hydrogen-bond acceptors (Lipinski definition) is 4. The van der Waals surface area contributed by atoms with E-state index in [1.807, 2.05) is 0 Å². The molecular formula is C8H13N3O2. The highest BCUT2D eigenvalue weighted by Gasteiger charge is 2.24. The van der Waals surface area contributed by atoms with Gasteiger partial charge >= 0.3 is 5.97 Å². The van der Waals surface area contributed by atoms with Gasteiger partial charge in [-0.3, -0.25) is 9.48 Å². The zero-order valence-corrected chi connectivity index (χ0v) is 8.24. The summed E-state index contributed by atoms with van der Waals surface area (Å²) in [4.78, 5) is 11.3. The number of rotatable bonds is 1. The first-order chi connectivity index (χ1) is 5.89. The van der Waals surface area contributed by atoms with Gasteiger partial charge in [-0.05, 0) is 20.8 Å². The van der Waals surface area contributed by atoms with Crippen molar-refractivity contribution in [1.82, 2.24) is 15.0 Å². The fourth-order valence-corrected chi connectivity index (χ4v) is 0.621. The predicted molar refractivity (Wildman–Crippen MR) is 46.1 cm³/mol. The summed E-state index contributed by atoms with van der Waals surface area (Å²) in [6, 6.07) is 0. The predicted octanol–water partition coefficient (Wildman–Crippen LogP) is 0.767. The van der Waals surface area contributed by atoms with E-state index >= 15 is 0 Å². The van der Waals surface area contributed by atoms with Crippen molar-refractivity contribution in [3.05, 3.63) is 6.20 Å². The monoisotopic (exact) mass is 183 g/mol. The molecule has 13 heavy (non-hydrogen) atoms. The van der Waals surface area contributed by atoms with Gasteiger partial charge in [0.25, 0.3) is 5.88 Å². The first-order valence-corrected chi connectivity index (χ1v) is 3.98. The molecule has 1 aromatic heterocycles. The summed E-state index contributed by atoms with van der Waals surface area (Å²) in [5, 5.41) is 7.28. The standard InChI is InChI=1S/C8H13N3O2/c1-8(2,3)7(12)13-6-5-11(4)10-9-6/h5H,1-4H3. The Hall–Kier alpha value is -1.39. The molecule has 72 valence electrons. The fourth-order valence-electron chi connectivity index (χ4n) is 0.621. The Labute approximate surface area is 76.7 Å². The second-order valence-electron chi connectivity index (χ2n) is 3.87. The van der Waals surface area contributed by atoms with Gasteiger partial charge in [-0.1, -0.05) is 10.3 Å². The van der Waals surface area contributed by atoms with Gasteiger partial charge in [0.15, 0.2) is 0 Å². The molecule has 0 bridgehead atoms. The summed E-state index contributed by atoms with van der Waals surface area (Å²) < 4.78 is 6.44. The molecular weight excluding hydrogens is 170 g/mol. The third kappa shape index (κ3) is 2.54. The third-order valence-electron chi connectivity index (χ3n) is 1.39. The molecule has 5 heteroatoms.